The van der Waals surface area contributed by atoms with Crippen LogP contribution in [0, 0.1) is 0 Å². The van der Waals surface area contributed by atoms with E-state index in [1.54, 1.807) is 25.1 Å². The molecule has 2 aliphatic heterocycles. The van der Waals surface area contributed by atoms with Crippen molar-refractivity contribution in [3.05, 3.63) is 53.1 Å². The summed E-state index contributed by atoms with van der Waals surface area (Å²) in [5.74, 6) is -0.284. The molecule has 0 aromatic heterocycles. The summed E-state index contributed by atoms with van der Waals surface area (Å²) in [6, 6.07) is 9.14. The van der Waals surface area contributed by atoms with Gasteiger partial charge in [-0.15, -0.1) is 0 Å². The fraction of sp³-hybridized carbons (Fsp3) is 0.333. The number of carbonyl (C=O) groups excluding carboxylic acids is 4. The third-order valence-electron chi connectivity index (χ3n) is 6.31. The molecular formula is C24H24N4O6. The minimum absolute atomic E-state index is 0.397. The number of urea groups is 2. The van der Waals surface area contributed by atoms with Crippen LogP contribution in [-0.2, 0) is 28.0 Å². The maximum Gasteiger partial charge on any atom is 0.325 e. The largest absolute Gasteiger partial charge is 0.486 e. The first kappa shape index (κ1) is 21.7. The highest BCUT2D eigenvalue weighted by Crippen LogP contribution is 2.33. The van der Waals surface area contributed by atoms with Crippen LogP contribution in [0.3, 0.4) is 0 Å². The molecule has 0 bridgehead atoms. The number of nitrogens with zero attached hydrogens (tertiary/aromatic N) is 1. The number of benzene rings is 2. The van der Waals surface area contributed by atoms with Crippen LogP contribution in [0.2, 0.25) is 0 Å². The lowest BCUT2D eigenvalue weighted by atomic mass is 9.89. The summed E-state index contributed by atoms with van der Waals surface area (Å²) in [7, 11) is 0. The fourth-order valence-corrected chi connectivity index (χ4v) is 4.51. The fourth-order valence-electron chi connectivity index (χ4n) is 4.51. The molecule has 3 N–H and O–H groups in total. The van der Waals surface area contributed by atoms with Gasteiger partial charge in [-0.3, -0.25) is 19.8 Å². The van der Waals surface area contributed by atoms with E-state index in [2.05, 4.69) is 16.0 Å². The molecule has 0 radical (unpaired) electrons. The third kappa shape index (κ3) is 3.91. The van der Waals surface area contributed by atoms with Crippen LogP contribution >= 0.6 is 0 Å². The smallest absolute Gasteiger partial charge is 0.325 e. The number of aryl methyl sites for hydroxylation is 2. The molecule has 2 aromatic carbocycles. The lowest BCUT2D eigenvalue weighted by Crippen LogP contribution is -2.45. The summed E-state index contributed by atoms with van der Waals surface area (Å²) in [6.45, 7) is 1.89. The number of anilines is 1. The topological polar surface area (TPSA) is 126 Å². The van der Waals surface area contributed by atoms with Crippen molar-refractivity contribution in [2.24, 2.45) is 0 Å². The predicted molar refractivity (Wildman–Crippen MR) is 121 cm³/mol. The molecule has 10 heteroatoms. The molecule has 1 atom stereocenters. The van der Waals surface area contributed by atoms with Gasteiger partial charge in [0.15, 0.2) is 11.5 Å². The van der Waals surface area contributed by atoms with Gasteiger partial charge in [0.1, 0.15) is 25.3 Å². The van der Waals surface area contributed by atoms with Crippen LogP contribution < -0.4 is 25.4 Å². The lowest BCUT2D eigenvalue weighted by molar-refractivity contribution is -0.134. The van der Waals surface area contributed by atoms with Gasteiger partial charge in [-0.1, -0.05) is 18.2 Å². The molecule has 1 saturated heterocycles. The first-order valence-corrected chi connectivity index (χ1v) is 11.1. The zero-order valence-electron chi connectivity index (χ0n) is 18.6. The Balaban J connectivity index is 1.22. The molecule has 176 valence electrons. The summed E-state index contributed by atoms with van der Waals surface area (Å²) < 4.78 is 10.9. The highest BCUT2D eigenvalue weighted by atomic mass is 16.6. The molecule has 10 nitrogen and oxygen atoms in total. The second-order valence-electron chi connectivity index (χ2n) is 8.64. The zero-order chi connectivity index (χ0) is 23.9. The number of carbonyl (C=O) groups is 4. The van der Waals surface area contributed by atoms with Gasteiger partial charge in [-0.05, 0) is 55.0 Å². The molecule has 1 aliphatic carbocycles. The second kappa shape index (κ2) is 8.36. The van der Waals surface area contributed by atoms with Crippen molar-refractivity contribution in [1.29, 1.82) is 0 Å². The van der Waals surface area contributed by atoms with Crippen LogP contribution in [-0.4, -0.2) is 48.5 Å². The summed E-state index contributed by atoms with van der Waals surface area (Å²) in [6.07, 6.45) is 3.01. The van der Waals surface area contributed by atoms with Crippen LogP contribution in [0.1, 0.15) is 30.0 Å². The number of nitrogens with one attached hydrogen (secondary N) is 3. The van der Waals surface area contributed by atoms with Gasteiger partial charge in [0.2, 0.25) is 5.91 Å². The van der Waals surface area contributed by atoms with Crippen molar-refractivity contribution in [3.63, 3.8) is 0 Å². The zero-order valence-corrected chi connectivity index (χ0v) is 18.6. The van der Waals surface area contributed by atoms with Crippen LogP contribution in [0.25, 0.3) is 0 Å². The molecule has 34 heavy (non-hydrogen) atoms. The number of amides is 6. The highest BCUT2D eigenvalue weighted by Gasteiger charge is 2.49. The second-order valence-corrected chi connectivity index (χ2v) is 8.64. The Morgan fingerprint density at radius 1 is 1.03 bits per heavy atom. The Hall–Kier alpha value is -4.08. The molecular weight excluding hydrogens is 440 g/mol. The van der Waals surface area contributed by atoms with Gasteiger partial charge in [0, 0.05) is 11.8 Å². The van der Waals surface area contributed by atoms with Crippen molar-refractivity contribution in [2.45, 2.75) is 31.7 Å². The van der Waals surface area contributed by atoms with Gasteiger partial charge in [0.25, 0.3) is 5.91 Å². The minimum atomic E-state index is -1.28. The Bertz CT molecular complexity index is 1210. The number of rotatable bonds is 4. The van der Waals surface area contributed by atoms with E-state index in [1.165, 1.54) is 11.1 Å². The third-order valence-corrected chi connectivity index (χ3v) is 6.31. The van der Waals surface area contributed by atoms with Gasteiger partial charge in [0.05, 0.1) is 0 Å². The summed E-state index contributed by atoms with van der Waals surface area (Å²) in [5.41, 5.74) is 2.22. The first-order chi connectivity index (χ1) is 16.3. The van der Waals surface area contributed by atoms with E-state index < -0.39 is 36.0 Å². The van der Waals surface area contributed by atoms with Crippen molar-refractivity contribution in [2.75, 3.05) is 25.1 Å². The van der Waals surface area contributed by atoms with Gasteiger partial charge >= 0.3 is 12.1 Å². The Kier molecular flexibility index (Phi) is 5.35. The summed E-state index contributed by atoms with van der Waals surface area (Å²) in [5, 5.41) is 7.36. The normalized spacial score (nSPS) is 20.6. The quantitative estimate of drug-likeness (QED) is 0.595. The minimum Gasteiger partial charge on any atom is -0.486 e. The monoisotopic (exact) mass is 464 g/mol. The van der Waals surface area contributed by atoms with E-state index in [1.807, 2.05) is 18.2 Å². The molecule has 2 heterocycles. The van der Waals surface area contributed by atoms with E-state index in [9.17, 15) is 19.2 Å². The molecule has 1 fully saturated rings. The highest BCUT2D eigenvalue weighted by molar-refractivity contribution is 6.10. The summed E-state index contributed by atoms with van der Waals surface area (Å²) >= 11 is 0. The van der Waals surface area contributed by atoms with Crippen molar-refractivity contribution in [3.8, 4) is 11.5 Å². The molecule has 5 rings (SSSR count). The van der Waals surface area contributed by atoms with E-state index in [0.29, 0.717) is 36.0 Å². The van der Waals surface area contributed by atoms with E-state index in [0.717, 1.165) is 24.2 Å². The van der Waals surface area contributed by atoms with Gasteiger partial charge in [-0.25, -0.2) is 9.59 Å². The number of fused-ring (bicyclic) bond motifs is 2. The number of imide groups is 2. The average Bonchev–Trinajstić information content (AvgIpc) is 3.37. The predicted octanol–water partition coefficient (Wildman–Crippen LogP) is 2.06. The van der Waals surface area contributed by atoms with E-state index in [-0.39, 0.29) is 0 Å². The molecule has 0 unspecified atom stereocenters. The number of hydrogen-bond acceptors (Lipinski definition) is 6. The average molecular weight is 464 g/mol. The lowest BCUT2D eigenvalue weighted by Gasteiger charge is -2.23. The maximum absolute atomic E-state index is 13.1. The van der Waals surface area contributed by atoms with Crippen LogP contribution in [0.5, 0.6) is 11.5 Å². The Labute approximate surface area is 195 Å². The van der Waals surface area contributed by atoms with Crippen molar-refractivity contribution < 1.29 is 28.7 Å². The molecule has 6 amide bonds. The van der Waals surface area contributed by atoms with Gasteiger partial charge < -0.3 is 20.1 Å². The molecule has 0 spiro atoms. The summed E-state index contributed by atoms with van der Waals surface area (Å²) in [4.78, 5) is 51.2. The van der Waals surface area contributed by atoms with Crippen molar-refractivity contribution >= 4 is 29.6 Å². The first-order valence-electron chi connectivity index (χ1n) is 11.1. The van der Waals surface area contributed by atoms with E-state index in [4.69, 9.17) is 9.47 Å². The van der Waals surface area contributed by atoms with Crippen LogP contribution in [0.4, 0.5) is 15.3 Å². The number of hydrogen-bond donors (Lipinski definition) is 3. The van der Waals surface area contributed by atoms with Crippen LogP contribution in [0.15, 0.2) is 36.4 Å². The standard InChI is InChI=1S/C24H24N4O6/c1-24(16-6-5-14-3-2-4-15(14)11-16)21(30)28(23(32)27-24)13-20(29)26-22(31)25-17-7-8-18-19(12-17)34-10-9-33-18/h5-8,11-12H,2-4,9-10,13H2,1H3,(H,27,32)(H2,25,26,29,31)/t24-/m1/s1. The molecule has 3 aliphatic rings. The van der Waals surface area contributed by atoms with Gasteiger partial charge in [-0.2, -0.15) is 0 Å². The molecule has 2 aromatic rings. The molecule has 0 saturated carbocycles. The Morgan fingerprint density at radius 3 is 2.62 bits per heavy atom. The van der Waals surface area contributed by atoms with Crippen molar-refractivity contribution in [1.82, 2.24) is 15.5 Å². The number of ether oxygens (including phenoxy) is 2. The maximum atomic E-state index is 13.1. The van der Waals surface area contributed by atoms with E-state index >= 15 is 0 Å². The Morgan fingerprint density at radius 2 is 1.79 bits per heavy atom. The SMILES string of the molecule is C[C@]1(c2ccc3c(c2)CCC3)NC(=O)N(CC(=O)NC(=O)Nc2ccc3c(c2)OCCO3)C1=O.